The lowest BCUT2D eigenvalue weighted by molar-refractivity contribution is 0.641. The number of fused-ring (bicyclic) bond motifs is 1. The monoisotopic (exact) mass is 347 g/mol. The topological polar surface area (TPSA) is 39.9 Å². The van der Waals surface area contributed by atoms with Gasteiger partial charge in [-0.05, 0) is 48.4 Å². The first-order chi connectivity index (χ1) is 12.8. The first kappa shape index (κ1) is 18.1. The average Bonchev–Trinajstić information content (AvgIpc) is 3.16. The summed E-state index contributed by atoms with van der Waals surface area (Å²) in [4.78, 5) is 3.36. The Balaban J connectivity index is 1.51. The molecule has 0 aliphatic carbocycles. The Kier molecular flexibility index (Phi) is 6.37. The van der Waals surface area contributed by atoms with Crippen molar-refractivity contribution in [2.45, 2.75) is 32.1 Å². The number of anilines is 1. The smallest absolute Gasteiger partial charge is 0.0533 e. The van der Waals surface area contributed by atoms with Crippen molar-refractivity contribution < 1.29 is 0 Å². The van der Waals surface area contributed by atoms with E-state index in [0.717, 1.165) is 18.7 Å². The highest BCUT2D eigenvalue weighted by Crippen LogP contribution is 2.29. The second-order valence-corrected chi connectivity index (χ2v) is 6.77. The summed E-state index contributed by atoms with van der Waals surface area (Å²) in [7, 11) is 1.94. The number of nitrogens with one attached hydrogen (secondary N) is 3. The SMILES string of the molecule is C=C(CCCCCCNc1cccc(-c2cccc3cc[nH]c23)c1)NC. The lowest BCUT2D eigenvalue weighted by Gasteiger charge is -2.10. The van der Waals surface area contributed by atoms with Gasteiger partial charge in [0, 0.05) is 36.7 Å². The van der Waals surface area contributed by atoms with Gasteiger partial charge in [-0.2, -0.15) is 0 Å². The van der Waals surface area contributed by atoms with Crippen molar-refractivity contribution in [3.8, 4) is 11.1 Å². The normalized spacial score (nSPS) is 10.8. The van der Waals surface area contributed by atoms with Crippen molar-refractivity contribution in [2.24, 2.45) is 0 Å². The second-order valence-electron chi connectivity index (χ2n) is 6.77. The van der Waals surface area contributed by atoms with E-state index in [2.05, 4.69) is 70.7 Å². The Bertz CT molecular complexity index is 847. The minimum Gasteiger partial charge on any atom is -0.392 e. The third-order valence-electron chi connectivity index (χ3n) is 4.85. The maximum Gasteiger partial charge on any atom is 0.0533 e. The van der Waals surface area contributed by atoms with E-state index in [9.17, 15) is 0 Å². The number of aromatic amines is 1. The van der Waals surface area contributed by atoms with Crippen LogP contribution in [0.4, 0.5) is 5.69 Å². The molecule has 0 radical (unpaired) electrons. The highest BCUT2D eigenvalue weighted by molar-refractivity contribution is 5.94. The van der Waals surface area contributed by atoms with Crippen molar-refractivity contribution in [3.63, 3.8) is 0 Å². The van der Waals surface area contributed by atoms with Crippen molar-refractivity contribution in [2.75, 3.05) is 18.9 Å². The van der Waals surface area contributed by atoms with E-state index in [1.165, 1.54) is 53.4 Å². The second kappa shape index (κ2) is 9.14. The number of para-hydroxylation sites is 1. The van der Waals surface area contributed by atoms with E-state index >= 15 is 0 Å². The highest BCUT2D eigenvalue weighted by atomic mass is 14.9. The number of aromatic nitrogens is 1. The van der Waals surface area contributed by atoms with Crippen molar-refractivity contribution in [1.82, 2.24) is 10.3 Å². The zero-order valence-corrected chi connectivity index (χ0v) is 15.6. The van der Waals surface area contributed by atoms with Crippen LogP contribution in [-0.4, -0.2) is 18.6 Å². The molecule has 0 unspecified atom stereocenters. The fraction of sp³-hybridized carbons (Fsp3) is 0.304. The van der Waals surface area contributed by atoms with Gasteiger partial charge in [-0.3, -0.25) is 0 Å². The first-order valence-electron chi connectivity index (χ1n) is 9.54. The lowest BCUT2D eigenvalue weighted by atomic mass is 10.0. The lowest BCUT2D eigenvalue weighted by Crippen LogP contribution is -2.04. The van der Waals surface area contributed by atoms with Gasteiger partial charge in [-0.25, -0.2) is 0 Å². The molecular weight excluding hydrogens is 318 g/mol. The summed E-state index contributed by atoms with van der Waals surface area (Å²) >= 11 is 0. The molecule has 26 heavy (non-hydrogen) atoms. The third kappa shape index (κ3) is 4.69. The molecule has 0 bridgehead atoms. The van der Waals surface area contributed by atoms with Gasteiger partial charge in [0.25, 0.3) is 0 Å². The number of rotatable bonds is 10. The van der Waals surface area contributed by atoms with Gasteiger partial charge in [-0.1, -0.05) is 49.8 Å². The zero-order valence-electron chi connectivity index (χ0n) is 15.6. The number of hydrogen-bond donors (Lipinski definition) is 3. The van der Waals surface area contributed by atoms with E-state index in [4.69, 9.17) is 0 Å². The molecule has 0 saturated carbocycles. The van der Waals surface area contributed by atoms with Crippen LogP contribution in [0.2, 0.25) is 0 Å². The van der Waals surface area contributed by atoms with Crippen LogP contribution in [0.5, 0.6) is 0 Å². The Morgan fingerprint density at radius 1 is 1.00 bits per heavy atom. The average molecular weight is 348 g/mol. The fourth-order valence-corrected chi connectivity index (χ4v) is 3.30. The summed E-state index contributed by atoms with van der Waals surface area (Å²) in [5, 5.41) is 7.93. The van der Waals surface area contributed by atoms with Crippen LogP contribution < -0.4 is 10.6 Å². The van der Waals surface area contributed by atoms with E-state index in [1.807, 2.05) is 13.2 Å². The van der Waals surface area contributed by atoms with Crippen molar-refractivity contribution in [1.29, 1.82) is 0 Å². The van der Waals surface area contributed by atoms with E-state index in [-0.39, 0.29) is 0 Å². The molecule has 0 fully saturated rings. The minimum atomic E-state index is 1.02. The van der Waals surface area contributed by atoms with Crippen LogP contribution in [0.15, 0.2) is 67.0 Å². The Hall–Kier alpha value is -2.68. The summed E-state index contributed by atoms with van der Waals surface area (Å²) < 4.78 is 0. The molecule has 1 aromatic heterocycles. The molecule has 136 valence electrons. The number of benzene rings is 2. The van der Waals surface area contributed by atoms with Crippen LogP contribution in [0.3, 0.4) is 0 Å². The van der Waals surface area contributed by atoms with Crippen LogP contribution in [0, 0.1) is 0 Å². The molecular formula is C23H29N3. The molecule has 0 amide bonds. The van der Waals surface area contributed by atoms with Crippen LogP contribution in [0.25, 0.3) is 22.0 Å². The molecule has 3 N–H and O–H groups in total. The number of unbranched alkanes of at least 4 members (excludes halogenated alkanes) is 3. The summed E-state index contributed by atoms with van der Waals surface area (Å²) in [5.74, 6) is 0. The largest absolute Gasteiger partial charge is 0.392 e. The van der Waals surface area contributed by atoms with Gasteiger partial charge in [-0.15, -0.1) is 0 Å². The standard InChI is InChI=1S/C23H29N3/c1-18(24-2)9-5-3-4-6-15-25-21-12-7-11-20(17-21)22-13-8-10-19-14-16-26-23(19)22/h7-8,10-14,16-17,24-26H,1,3-6,9,15H2,2H3. The van der Waals surface area contributed by atoms with Crippen LogP contribution in [0.1, 0.15) is 32.1 Å². The maximum atomic E-state index is 3.97. The van der Waals surface area contributed by atoms with Gasteiger partial charge < -0.3 is 15.6 Å². The van der Waals surface area contributed by atoms with Crippen LogP contribution in [-0.2, 0) is 0 Å². The molecule has 0 aliphatic heterocycles. The Morgan fingerprint density at radius 2 is 1.85 bits per heavy atom. The molecule has 3 aromatic rings. The van der Waals surface area contributed by atoms with Crippen LogP contribution >= 0.6 is 0 Å². The Morgan fingerprint density at radius 3 is 2.73 bits per heavy atom. The summed E-state index contributed by atoms with van der Waals surface area (Å²) in [6.45, 7) is 4.99. The van der Waals surface area contributed by atoms with E-state index < -0.39 is 0 Å². The molecule has 0 saturated heterocycles. The molecule has 1 heterocycles. The Labute approximate surface area is 156 Å². The van der Waals surface area contributed by atoms with Gasteiger partial charge in [0.05, 0.1) is 5.52 Å². The third-order valence-corrected chi connectivity index (χ3v) is 4.85. The summed E-state index contributed by atoms with van der Waals surface area (Å²) in [5.41, 5.74) is 6.02. The van der Waals surface area contributed by atoms with Crippen molar-refractivity contribution in [3.05, 3.63) is 67.0 Å². The zero-order chi connectivity index (χ0) is 18.2. The fourth-order valence-electron chi connectivity index (χ4n) is 3.30. The maximum absolute atomic E-state index is 3.97. The predicted octanol–water partition coefficient (Wildman–Crippen LogP) is 5.93. The number of hydrogen-bond acceptors (Lipinski definition) is 2. The summed E-state index contributed by atoms with van der Waals surface area (Å²) in [6.07, 6.45) is 8.01. The summed E-state index contributed by atoms with van der Waals surface area (Å²) in [6, 6.07) is 17.3. The minimum absolute atomic E-state index is 1.02. The number of H-pyrrole nitrogens is 1. The number of allylic oxidation sites excluding steroid dienone is 1. The molecule has 0 atom stereocenters. The molecule has 2 aromatic carbocycles. The van der Waals surface area contributed by atoms with E-state index in [1.54, 1.807) is 0 Å². The van der Waals surface area contributed by atoms with E-state index in [0.29, 0.717) is 0 Å². The first-order valence-corrected chi connectivity index (χ1v) is 9.54. The highest BCUT2D eigenvalue weighted by Gasteiger charge is 2.05. The van der Waals surface area contributed by atoms with Gasteiger partial charge in [0.1, 0.15) is 0 Å². The molecule has 3 nitrogen and oxygen atoms in total. The quantitative estimate of drug-likeness (QED) is 0.398. The molecule has 3 rings (SSSR count). The van der Waals surface area contributed by atoms with Gasteiger partial charge in [0.2, 0.25) is 0 Å². The predicted molar refractivity (Wildman–Crippen MR) is 114 cm³/mol. The molecule has 0 aliphatic rings. The van der Waals surface area contributed by atoms with Crippen molar-refractivity contribution >= 4 is 16.6 Å². The van der Waals surface area contributed by atoms with Gasteiger partial charge in [0.15, 0.2) is 0 Å². The van der Waals surface area contributed by atoms with Gasteiger partial charge >= 0.3 is 0 Å². The molecule has 0 spiro atoms. The molecule has 3 heteroatoms.